The van der Waals surface area contributed by atoms with Crippen LogP contribution >= 0.6 is 0 Å². The second-order valence-electron chi connectivity index (χ2n) is 1.80. The molecular weight excluding hydrogens is 148 g/mol. The molecule has 0 aromatic rings. The van der Waals surface area contributed by atoms with Crippen LogP contribution in [0.5, 0.6) is 0 Å². The third-order valence-corrected chi connectivity index (χ3v) is 1.04. The second kappa shape index (κ2) is 4.40. The standard InChI is InChI=1S/C5H8N4O2/c6-9-8-2-4-11-5-7-1-3-10-5/h1-4H2. The summed E-state index contributed by atoms with van der Waals surface area (Å²) in [6, 6.07) is 0. The van der Waals surface area contributed by atoms with E-state index in [0.717, 1.165) is 0 Å². The van der Waals surface area contributed by atoms with Gasteiger partial charge in [0.1, 0.15) is 6.61 Å². The van der Waals surface area contributed by atoms with E-state index in [1.807, 2.05) is 0 Å². The highest BCUT2D eigenvalue weighted by Gasteiger charge is 2.06. The lowest BCUT2D eigenvalue weighted by molar-refractivity contribution is 0.195. The molecule has 1 aliphatic rings. The molecule has 0 aromatic heterocycles. The molecule has 0 radical (unpaired) electrons. The molecule has 6 heteroatoms. The first-order chi connectivity index (χ1) is 5.43. The molecule has 0 aliphatic carbocycles. The largest absolute Gasteiger partial charge is 0.451 e. The molecule has 0 unspecified atom stereocenters. The molecule has 1 heterocycles. The number of nitrogens with zero attached hydrogens (tertiary/aromatic N) is 4. The van der Waals surface area contributed by atoms with Crippen molar-refractivity contribution >= 4 is 6.08 Å². The maximum atomic E-state index is 7.90. The van der Waals surface area contributed by atoms with E-state index in [2.05, 4.69) is 15.0 Å². The van der Waals surface area contributed by atoms with Gasteiger partial charge in [-0.25, -0.2) is 4.99 Å². The van der Waals surface area contributed by atoms with Gasteiger partial charge in [-0.2, -0.15) is 0 Å². The Morgan fingerprint density at radius 2 is 2.73 bits per heavy atom. The van der Waals surface area contributed by atoms with Crippen LogP contribution in [0.4, 0.5) is 0 Å². The van der Waals surface area contributed by atoms with E-state index in [9.17, 15) is 0 Å². The highest BCUT2D eigenvalue weighted by Crippen LogP contribution is 1.94. The predicted molar refractivity (Wildman–Crippen MR) is 38.2 cm³/mol. The first-order valence-corrected chi connectivity index (χ1v) is 3.24. The minimum atomic E-state index is 0.304. The average Bonchev–Trinajstić information content (AvgIpc) is 2.50. The fourth-order valence-corrected chi connectivity index (χ4v) is 0.621. The maximum absolute atomic E-state index is 7.90. The lowest BCUT2D eigenvalue weighted by atomic mass is 10.7. The summed E-state index contributed by atoms with van der Waals surface area (Å²) in [6.07, 6.45) is 0.304. The Labute approximate surface area is 63.4 Å². The number of azide groups is 1. The van der Waals surface area contributed by atoms with Crippen LogP contribution in [-0.2, 0) is 9.47 Å². The van der Waals surface area contributed by atoms with Gasteiger partial charge in [-0.3, -0.25) is 0 Å². The minimum Gasteiger partial charge on any atom is -0.451 e. The highest BCUT2D eigenvalue weighted by molar-refractivity contribution is 5.68. The average molecular weight is 156 g/mol. The van der Waals surface area contributed by atoms with Crippen molar-refractivity contribution in [2.24, 2.45) is 10.1 Å². The zero-order valence-electron chi connectivity index (χ0n) is 5.93. The fourth-order valence-electron chi connectivity index (χ4n) is 0.621. The van der Waals surface area contributed by atoms with Crippen LogP contribution in [0.2, 0.25) is 0 Å². The zero-order chi connectivity index (χ0) is 7.94. The Bertz CT molecular complexity index is 197. The van der Waals surface area contributed by atoms with Gasteiger partial charge in [0.15, 0.2) is 0 Å². The van der Waals surface area contributed by atoms with Crippen LogP contribution < -0.4 is 0 Å². The smallest absolute Gasteiger partial charge is 0.383 e. The van der Waals surface area contributed by atoms with Gasteiger partial charge in [0.2, 0.25) is 0 Å². The van der Waals surface area contributed by atoms with Gasteiger partial charge in [0, 0.05) is 4.91 Å². The van der Waals surface area contributed by atoms with Crippen molar-refractivity contribution in [3.05, 3.63) is 10.4 Å². The summed E-state index contributed by atoms with van der Waals surface area (Å²) >= 11 is 0. The molecule has 0 fully saturated rings. The molecule has 1 aliphatic heterocycles. The molecule has 11 heavy (non-hydrogen) atoms. The highest BCUT2D eigenvalue weighted by atomic mass is 16.7. The fraction of sp³-hybridized carbons (Fsp3) is 0.800. The van der Waals surface area contributed by atoms with E-state index in [-0.39, 0.29) is 0 Å². The minimum absolute atomic E-state index is 0.304. The Hall–Kier alpha value is -1.42. The number of rotatable bonds is 3. The van der Waals surface area contributed by atoms with E-state index in [1.54, 1.807) is 0 Å². The zero-order valence-corrected chi connectivity index (χ0v) is 5.93. The SMILES string of the molecule is [N-]=[N+]=NCCOC1=NCCO1. The van der Waals surface area contributed by atoms with Crippen LogP contribution in [0.15, 0.2) is 10.1 Å². The molecular formula is C5H8N4O2. The van der Waals surface area contributed by atoms with Crippen LogP contribution in [0.3, 0.4) is 0 Å². The monoisotopic (exact) mass is 156 g/mol. The first-order valence-electron chi connectivity index (χ1n) is 3.24. The van der Waals surface area contributed by atoms with Gasteiger partial charge in [-0.15, -0.1) is 0 Å². The lowest BCUT2D eigenvalue weighted by Gasteiger charge is -2.00. The predicted octanol–water partition coefficient (Wildman–Crippen LogP) is 0.700. The lowest BCUT2D eigenvalue weighted by Crippen LogP contribution is -2.07. The van der Waals surface area contributed by atoms with Crippen molar-refractivity contribution in [2.75, 3.05) is 26.3 Å². The third kappa shape index (κ3) is 2.77. The van der Waals surface area contributed by atoms with E-state index < -0.39 is 0 Å². The molecule has 0 saturated heterocycles. The van der Waals surface area contributed by atoms with Gasteiger partial charge in [-0.05, 0) is 5.53 Å². The Morgan fingerprint density at radius 1 is 1.82 bits per heavy atom. The normalized spacial score (nSPS) is 14.7. The summed E-state index contributed by atoms with van der Waals surface area (Å²) in [5, 5.41) is 3.28. The number of hydrogen-bond donors (Lipinski definition) is 0. The molecule has 0 bridgehead atoms. The van der Waals surface area contributed by atoms with Crippen molar-refractivity contribution in [3.63, 3.8) is 0 Å². The third-order valence-electron chi connectivity index (χ3n) is 1.04. The number of ether oxygens (including phenoxy) is 2. The topological polar surface area (TPSA) is 79.6 Å². The van der Waals surface area contributed by atoms with Gasteiger partial charge in [0.25, 0.3) is 0 Å². The van der Waals surface area contributed by atoms with Crippen LogP contribution in [0.25, 0.3) is 10.4 Å². The van der Waals surface area contributed by atoms with Crippen molar-refractivity contribution < 1.29 is 9.47 Å². The van der Waals surface area contributed by atoms with Crippen LogP contribution in [-0.4, -0.2) is 32.4 Å². The summed E-state index contributed by atoms with van der Waals surface area (Å²) in [5.74, 6) is 0. The van der Waals surface area contributed by atoms with Crippen molar-refractivity contribution in [3.8, 4) is 0 Å². The van der Waals surface area contributed by atoms with Crippen molar-refractivity contribution in [1.29, 1.82) is 0 Å². The molecule has 0 N–H and O–H groups in total. The quantitative estimate of drug-likeness (QED) is 0.261. The van der Waals surface area contributed by atoms with E-state index in [1.165, 1.54) is 0 Å². The summed E-state index contributed by atoms with van der Waals surface area (Å²) in [7, 11) is 0. The maximum Gasteiger partial charge on any atom is 0.383 e. The molecule has 0 saturated carbocycles. The van der Waals surface area contributed by atoms with E-state index >= 15 is 0 Å². The second-order valence-corrected chi connectivity index (χ2v) is 1.80. The van der Waals surface area contributed by atoms with Gasteiger partial charge < -0.3 is 9.47 Å². The molecule has 6 nitrogen and oxygen atoms in total. The molecule has 60 valence electrons. The Balaban J connectivity index is 2.07. The van der Waals surface area contributed by atoms with Gasteiger partial charge in [0.05, 0.1) is 19.7 Å². The first kappa shape index (κ1) is 7.68. The molecule has 0 aromatic carbocycles. The van der Waals surface area contributed by atoms with Gasteiger partial charge in [-0.1, -0.05) is 5.11 Å². The number of hydrogen-bond acceptors (Lipinski definition) is 4. The van der Waals surface area contributed by atoms with Crippen LogP contribution in [0.1, 0.15) is 0 Å². The molecule has 0 amide bonds. The Morgan fingerprint density at radius 3 is 3.36 bits per heavy atom. The summed E-state index contributed by atoms with van der Waals surface area (Å²) in [4.78, 5) is 6.43. The van der Waals surface area contributed by atoms with Crippen LogP contribution in [0, 0.1) is 0 Å². The van der Waals surface area contributed by atoms with Crippen molar-refractivity contribution in [1.82, 2.24) is 0 Å². The Kier molecular flexibility index (Phi) is 3.08. The molecule has 0 spiro atoms. The van der Waals surface area contributed by atoms with Gasteiger partial charge >= 0.3 is 6.08 Å². The van der Waals surface area contributed by atoms with E-state index in [0.29, 0.717) is 32.4 Å². The summed E-state index contributed by atoms with van der Waals surface area (Å²) < 4.78 is 9.89. The summed E-state index contributed by atoms with van der Waals surface area (Å²) in [6.45, 7) is 1.86. The van der Waals surface area contributed by atoms with E-state index in [4.69, 9.17) is 15.0 Å². The number of aliphatic imine (C=N–C) groups is 1. The molecule has 0 atom stereocenters. The molecule has 1 rings (SSSR count). The summed E-state index contributed by atoms with van der Waals surface area (Å²) in [5.41, 5.74) is 7.90. The van der Waals surface area contributed by atoms with Crippen molar-refractivity contribution in [2.45, 2.75) is 0 Å².